The Morgan fingerprint density at radius 1 is 1.15 bits per heavy atom. The van der Waals surface area contributed by atoms with Gasteiger partial charge in [-0.15, -0.1) is 0 Å². The van der Waals surface area contributed by atoms with E-state index in [4.69, 9.17) is 0 Å². The van der Waals surface area contributed by atoms with Crippen molar-refractivity contribution in [2.75, 3.05) is 13.1 Å². The van der Waals surface area contributed by atoms with Gasteiger partial charge in [0.1, 0.15) is 5.82 Å². The highest BCUT2D eigenvalue weighted by Crippen LogP contribution is 2.27. The lowest BCUT2D eigenvalue weighted by molar-refractivity contribution is 0.590. The van der Waals surface area contributed by atoms with Crippen LogP contribution in [0.3, 0.4) is 0 Å². The van der Waals surface area contributed by atoms with Gasteiger partial charge < -0.3 is 10.3 Å². The maximum absolute atomic E-state index is 4.55. The van der Waals surface area contributed by atoms with Crippen molar-refractivity contribution in [1.82, 2.24) is 15.3 Å². The van der Waals surface area contributed by atoms with Crippen molar-refractivity contribution in [3.63, 3.8) is 0 Å². The van der Waals surface area contributed by atoms with Gasteiger partial charge in [-0.25, -0.2) is 4.98 Å². The van der Waals surface area contributed by atoms with Gasteiger partial charge in [0.15, 0.2) is 0 Å². The van der Waals surface area contributed by atoms with Crippen molar-refractivity contribution in [1.29, 1.82) is 0 Å². The van der Waals surface area contributed by atoms with Crippen LogP contribution in [0.15, 0.2) is 30.5 Å². The van der Waals surface area contributed by atoms with Crippen molar-refractivity contribution in [2.24, 2.45) is 0 Å². The molecule has 3 nitrogen and oxygen atoms in total. The van der Waals surface area contributed by atoms with Crippen molar-refractivity contribution in [2.45, 2.75) is 38.5 Å². The number of H-pyrrole nitrogens is 1. The molecule has 0 amide bonds. The Kier molecular flexibility index (Phi) is 3.38. The smallest absolute Gasteiger partial charge is 0.110 e. The Hall–Kier alpha value is -1.61. The molecule has 3 rings (SSSR count). The molecule has 1 aliphatic rings. The zero-order chi connectivity index (χ0) is 14.2. The fraction of sp³-hybridized carbons (Fsp3) is 0.471. The Morgan fingerprint density at radius 3 is 2.50 bits per heavy atom. The van der Waals surface area contributed by atoms with E-state index in [1.165, 1.54) is 17.5 Å². The molecule has 106 valence electrons. The van der Waals surface area contributed by atoms with Gasteiger partial charge in [-0.1, -0.05) is 45.0 Å². The van der Waals surface area contributed by atoms with Crippen LogP contribution in [-0.4, -0.2) is 23.1 Å². The molecule has 1 atom stereocenters. The summed E-state index contributed by atoms with van der Waals surface area (Å²) in [6, 6.07) is 8.80. The van der Waals surface area contributed by atoms with Gasteiger partial charge in [0, 0.05) is 12.5 Å². The van der Waals surface area contributed by atoms with E-state index in [0.29, 0.717) is 5.92 Å². The van der Waals surface area contributed by atoms with Gasteiger partial charge in [-0.2, -0.15) is 0 Å². The lowest BCUT2D eigenvalue weighted by atomic mass is 9.86. The minimum absolute atomic E-state index is 0.202. The van der Waals surface area contributed by atoms with Gasteiger partial charge >= 0.3 is 0 Å². The molecule has 1 saturated heterocycles. The highest BCUT2D eigenvalue weighted by molar-refractivity contribution is 5.59. The van der Waals surface area contributed by atoms with Crippen LogP contribution in [0.5, 0.6) is 0 Å². The number of hydrogen-bond donors (Lipinski definition) is 2. The molecule has 1 aliphatic heterocycles. The van der Waals surface area contributed by atoms with Crippen LogP contribution in [0.1, 0.15) is 44.5 Å². The molecule has 0 saturated carbocycles. The van der Waals surface area contributed by atoms with Crippen molar-refractivity contribution in [3.05, 3.63) is 41.9 Å². The summed E-state index contributed by atoms with van der Waals surface area (Å²) in [7, 11) is 0. The summed E-state index contributed by atoms with van der Waals surface area (Å²) < 4.78 is 0. The summed E-state index contributed by atoms with van der Waals surface area (Å²) in [4.78, 5) is 8.03. The van der Waals surface area contributed by atoms with Crippen LogP contribution in [0.25, 0.3) is 11.3 Å². The monoisotopic (exact) mass is 269 g/mol. The fourth-order valence-electron chi connectivity index (χ4n) is 2.73. The molecule has 1 aromatic heterocycles. The highest BCUT2D eigenvalue weighted by atomic mass is 15.0. The zero-order valence-electron chi connectivity index (χ0n) is 12.5. The Morgan fingerprint density at radius 2 is 1.90 bits per heavy atom. The normalized spacial score (nSPS) is 19.4. The number of hydrogen-bond acceptors (Lipinski definition) is 2. The van der Waals surface area contributed by atoms with Crippen molar-refractivity contribution >= 4 is 0 Å². The van der Waals surface area contributed by atoms with Crippen LogP contribution in [-0.2, 0) is 5.41 Å². The van der Waals surface area contributed by atoms with E-state index >= 15 is 0 Å². The maximum Gasteiger partial charge on any atom is 0.110 e. The Labute approximate surface area is 120 Å². The minimum atomic E-state index is 0.202. The highest BCUT2D eigenvalue weighted by Gasteiger charge is 2.19. The van der Waals surface area contributed by atoms with E-state index < -0.39 is 0 Å². The summed E-state index contributed by atoms with van der Waals surface area (Å²) >= 11 is 0. The Balaban J connectivity index is 1.82. The van der Waals surface area contributed by atoms with Crippen LogP contribution in [0, 0.1) is 0 Å². The molecule has 1 fully saturated rings. The first kappa shape index (κ1) is 13.4. The van der Waals surface area contributed by atoms with Gasteiger partial charge in [-0.05, 0) is 29.5 Å². The SMILES string of the molecule is CC(C)(C)c1ccc(-c2cnc(C3CCNC3)[nH]2)cc1. The van der Waals surface area contributed by atoms with Crippen LogP contribution < -0.4 is 5.32 Å². The molecule has 3 heteroatoms. The third-order valence-electron chi connectivity index (χ3n) is 4.10. The van der Waals surface area contributed by atoms with Crippen LogP contribution in [0.2, 0.25) is 0 Å². The molecule has 0 aliphatic carbocycles. The van der Waals surface area contributed by atoms with Gasteiger partial charge in [-0.3, -0.25) is 0 Å². The maximum atomic E-state index is 4.55. The molecule has 0 spiro atoms. The summed E-state index contributed by atoms with van der Waals surface area (Å²) in [6.07, 6.45) is 3.13. The molecule has 2 aromatic rings. The summed E-state index contributed by atoms with van der Waals surface area (Å²) in [5, 5.41) is 3.38. The standard InChI is InChI=1S/C17H23N3/c1-17(2,3)14-6-4-12(5-7-14)15-11-19-16(20-15)13-8-9-18-10-13/h4-7,11,13,18H,8-10H2,1-3H3,(H,19,20). The van der Waals surface area contributed by atoms with Crippen LogP contribution >= 0.6 is 0 Å². The van der Waals surface area contributed by atoms with Crippen molar-refractivity contribution in [3.8, 4) is 11.3 Å². The largest absolute Gasteiger partial charge is 0.342 e. The first-order chi connectivity index (χ1) is 9.54. The number of aromatic nitrogens is 2. The van der Waals surface area contributed by atoms with Gasteiger partial charge in [0.2, 0.25) is 0 Å². The summed E-state index contributed by atoms with van der Waals surface area (Å²) in [5.74, 6) is 1.66. The molecule has 1 unspecified atom stereocenters. The van der Waals surface area contributed by atoms with E-state index in [1.807, 2.05) is 6.20 Å². The predicted molar refractivity (Wildman–Crippen MR) is 83.0 cm³/mol. The molecule has 2 N–H and O–H groups in total. The molecular formula is C17H23N3. The molecular weight excluding hydrogens is 246 g/mol. The minimum Gasteiger partial charge on any atom is -0.342 e. The quantitative estimate of drug-likeness (QED) is 0.876. The van der Waals surface area contributed by atoms with Gasteiger partial charge in [0.05, 0.1) is 11.9 Å². The zero-order valence-corrected chi connectivity index (χ0v) is 12.5. The molecule has 0 radical (unpaired) electrons. The van der Waals surface area contributed by atoms with Crippen molar-refractivity contribution < 1.29 is 0 Å². The second-order valence-electron chi connectivity index (χ2n) is 6.70. The van der Waals surface area contributed by atoms with E-state index in [1.54, 1.807) is 0 Å². The molecule has 1 aromatic carbocycles. The molecule has 2 heterocycles. The van der Waals surface area contributed by atoms with E-state index in [0.717, 1.165) is 24.6 Å². The third-order valence-corrected chi connectivity index (χ3v) is 4.10. The van der Waals surface area contributed by atoms with E-state index in [9.17, 15) is 0 Å². The average molecular weight is 269 g/mol. The Bertz CT molecular complexity index is 569. The fourth-order valence-corrected chi connectivity index (χ4v) is 2.73. The number of nitrogens with zero attached hydrogens (tertiary/aromatic N) is 1. The van der Waals surface area contributed by atoms with E-state index in [2.05, 4.69) is 60.3 Å². The number of aromatic amines is 1. The number of rotatable bonds is 2. The lowest BCUT2D eigenvalue weighted by Gasteiger charge is -2.18. The first-order valence-corrected chi connectivity index (χ1v) is 7.40. The molecule has 0 bridgehead atoms. The second-order valence-corrected chi connectivity index (χ2v) is 6.70. The number of benzene rings is 1. The summed E-state index contributed by atoms with van der Waals surface area (Å²) in [6.45, 7) is 8.85. The number of imidazole rings is 1. The van der Waals surface area contributed by atoms with E-state index in [-0.39, 0.29) is 5.41 Å². The number of nitrogens with one attached hydrogen (secondary N) is 2. The average Bonchev–Trinajstić information content (AvgIpc) is 3.09. The molecule has 20 heavy (non-hydrogen) atoms. The van der Waals surface area contributed by atoms with Crippen LogP contribution in [0.4, 0.5) is 0 Å². The lowest BCUT2D eigenvalue weighted by Crippen LogP contribution is -2.10. The first-order valence-electron chi connectivity index (χ1n) is 7.40. The second kappa shape index (κ2) is 5.06. The third kappa shape index (κ3) is 2.63. The predicted octanol–water partition coefficient (Wildman–Crippen LogP) is 3.45. The summed E-state index contributed by atoms with van der Waals surface area (Å²) in [5.41, 5.74) is 3.89. The van der Waals surface area contributed by atoms with Gasteiger partial charge in [0.25, 0.3) is 0 Å². The topological polar surface area (TPSA) is 40.7 Å².